The van der Waals surface area contributed by atoms with Crippen LogP contribution in [0.1, 0.15) is 22.3 Å². The van der Waals surface area contributed by atoms with E-state index in [4.69, 9.17) is 10.4 Å². The van der Waals surface area contributed by atoms with Crippen LogP contribution >= 0.6 is 35.3 Å². The molecule has 0 saturated carbocycles. The Bertz CT molecular complexity index is 1790. The van der Waals surface area contributed by atoms with Crippen LogP contribution in [0.4, 0.5) is 0 Å². The van der Waals surface area contributed by atoms with Gasteiger partial charge in [-0.3, -0.25) is 19.2 Å². The molecule has 2 amide bonds. The highest BCUT2D eigenvalue weighted by Crippen LogP contribution is 2.44. The Balaban J connectivity index is 1.20. The molecule has 242 valence electrons. The highest BCUT2D eigenvalue weighted by Gasteiger charge is 2.54. The molecule has 0 unspecified atom stereocenters. The highest BCUT2D eigenvalue weighted by atomic mass is 32.2. The lowest BCUT2D eigenvalue weighted by molar-refractivity contribution is -0.150. The number of fused-ring (bicyclic) bond motifs is 1. The van der Waals surface area contributed by atoms with Crippen molar-refractivity contribution in [2.45, 2.75) is 23.4 Å². The Morgan fingerprint density at radius 2 is 1.62 bits per heavy atom. The molecule has 4 aromatic rings. The van der Waals surface area contributed by atoms with Crippen LogP contribution < -0.4 is 5.32 Å². The van der Waals surface area contributed by atoms with Crippen molar-refractivity contribution in [3.05, 3.63) is 148 Å². The fraction of sp³-hybridized carbons (Fsp3) is 0.194. The normalized spacial score (nSPS) is 17.5. The second-order valence-corrected chi connectivity index (χ2v) is 14.2. The zero-order chi connectivity index (χ0) is 33.5. The van der Waals surface area contributed by atoms with Crippen LogP contribution in [0.2, 0.25) is 0 Å². The number of aryl methyl sites for hydroxylation is 1. The maximum Gasteiger partial charge on any atom is 0.353 e. The first-order chi connectivity index (χ1) is 23.4. The van der Waals surface area contributed by atoms with Gasteiger partial charge in [0.25, 0.3) is 5.91 Å². The molecule has 0 radical (unpaired) electrons. The van der Waals surface area contributed by atoms with Crippen molar-refractivity contribution in [1.29, 1.82) is 5.26 Å². The molecule has 48 heavy (non-hydrogen) atoms. The number of benzene rings is 3. The summed E-state index contributed by atoms with van der Waals surface area (Å²) in [5.41, 5.74) is 3.47. The summed E-state index contributed by atoms with van der Waals surface area (Å²) in [5, 5.41) is 27.3. The zero-order valence-electron chi connectivity index (χ0n) is 25.6. The third-order valence-electron chi connectivity index (χ3n) is 8.13. The lowest BCUT2D eigenvalue weighted by Gasteiger charge is -2.49. The summed E-state index contributed by atoms with van der Waals surface area (Å²) >= 11 is 4.02. The number of amides is 2. The van der Waals surface area contributed by atoms with Crippen molar-refractivity contribution in [2.75, 3.05) is 17.3 Å². The molecular weight excluding hydrogens is 663 g/mol. The summed E-state index contributed by atoms with van der Waals surface area (Å²) in [6, 6.07) is 32.0. The molecule has 0 bridgehead atoms. The van der Waals surface area contributed by atoms with Gasteiger partial charge >= 0.3 is 5.97 Å². The van der Waals surface area contributed by atoms with E-state index in [0.717, 1.165) is 34.0 Å². The lowest BCUT2D eigenvalue weighted by Crippen LogP contribution is -2.70. The molecule has 2 atom stereocenters. The van der Waals surface area contributed by atoms with Crippen molar-refractivity contribution in [3.8, 4) is 6.07 Å². The minimum Gasteiger partial charge on any atom is -0.477 e. The van der Waals surface area contributed by atoms with Crippen LogP contribution in [-0.4, -0.2) is 66.2 Å². The topological polar surface area (TPSA) is 128 Å². The molecule has 2 aliphatic rings. The van der Waals surface area contributed by atoms with Gasteiger partial charge < -0.3 is 10.4 Å². The molecule has 12 heteroatoms. The Kier molecular flexibility index (Phi) is 10.4. The smallest absolute Gasteiger partial charge is 0.353 e. The number of nitrogens with zero attached hydrogens (tertiary/aromatic N) is 4. The quantitative estimate of drug-likeness (QED) is 0.107. The summed E-state index contributed by atoms with van der Waals surface area (Å²) in [6.07, 6.45) is 5.83. The number of carboxylic acids is 1. The van der Waals surface area contributed by atoms with Crippen molar-refractivity contribution in [1.82, 2.24) is 20.0 Å². The largest absolute Gasteiger partial charge is 0.477 e. The number of nitrogens with one attached hydrogen (secondary N) is 1. The first-order valence-electron chi connectivity index (χ1n) is 15.1. The number of thioether (sulfide) groups is 3. The number of aliphatic carboxylic acids is 1. The molecule has 1 fully saturated rings. The van der Waals surface area contributed by atoms with Crippen LogP contribution in [0.3, 0.4) is 0 Å². The number of rotatable bonds is 13. The number of carbonyl (C=O) groups excluding carboxylic acids is 2. The van der Waals surface area contributed by atoms with Gasteiger partial charge in [0.1, 0.15) is 22.7 Å². The van der Waals surface area contributed by atoms with Crippen LogP contribution in [0, 0.1) is 11.3 Å². The number of carbonyl (C=O) groups is 3. The van der Waals surface area contributed by atoms with E-state index in [9.17, 15) is 19.5 Å². The summed E-state index contributed by atoms with van der Waals surface area (Å²) in [7, 11) is 0. The Morgan fingerprint density at radius 3 is 2.19 bits per heavy atom. The first-order valence-corrected chi connectivity index (χ1v) is 18.2. The number of hydrogen-bond donors (Lipinski definition) is 2. The summed E-state index contributed by atoms with van der Waals surface area (Å²) < 4.78 is 2.02. The molecule has 1 aromatic heterocycles. The standard InChI is InChI=1S/C36H31N5O4S3/c37-18-10-19-46-24-30(42)39-31-33(43)41-32(35(44)45)29(23-48-34(31)41)47-20-17-25-21-38-40(22-25)36(26-11-4-1-5-12-26,27-13-6-2-7-14-27)28-15-8-3-9-16-28/h1-16,19,21-22,31,34H,17,20,23-24H2,(H,39,42)(H,44,45)/b19-10-/t31-,34+/m1/s1. The number of allylic oxidation sites excluding steroid dienone is 1. The number of hydrogen-bond acceptors (Lipinski definition) is 8. The van der Waals surface area contributed by atoms with Crippen LogP contribution in [0.15, 0.2) is 125 Å². The summed E-state index contributed by atoms with van der Waals surface area (Å²) in [4.78, 5) is 39.6. The minimum absolute atomic E-state index is 0.0162. The maximum atomic E-state index is 13.0. The monoisotopic (exact) mass is 693 g/mol. The van der Waals surface area contributed by atoms with Gasteiger partial charge in [-0.15, -0.1) is 35.3 Å². The third kappa shape index (κ3) is 6.54. The van der Waals surface area contributed by atoms with Crippen LogP contribution in [-0.2, 0) is 26.3 Å². The number of aromatic nitrogens is 2. The summed E-state index contributed by atoms with van der Waals surface area (Å²) in [6.45, 7) is 0. The van der Waals surface area contributed by atoms with Gasteiger partial charge in [-0.2, -0.15) is 10.4 Å². The Morgan fingerprint density at radius 1 is 1.02 bits per heavy atom. The fourth-order valence-corrected chi connectivity index (χ4v) is 9.14. The van der Waals surface area contributed by atoms with E-state index in [1.807, 2.05) is 71.5 Å². The van der Waals surface area contributed by atoms with E-state index in [-0.39, 0.29) is 17.4 Å². The van der Waals surface area contributed by atoms with E-state index in [1.165, 1.54) is 39.9 Å². The minimum atomic E-state index is -1.16. The van der Waals surface area contributed by atoms with Crippen LogP contribution in [0.5, 0.6) is 0 Å². The second-order valence-electron chi connectivity index (χ2n) is 11.0. The molecule has 9 nitrogen and oxygen atoms in total. The molecule has 0 aliphatic carbocycles. The average Bonchev–Trinajstić information content (AvgIpc) is 3.59. The van der Waals surface area contributed by atoms with E-state index in [1.54, 1.807) is 0 Å². The number of carboxylic acid groups (broad SMARTS) is 1. The van der Waals surface area contributed by atoms with E-state index < -0.39 is 28.8 Å². The maximum absolute atomic E-state index is 13.0. The molecule has 0 spiro atoms. The molecule has 3 aromatic carbocycles. The predicted molar refractivity (Wildman–Crippen MR) is 190 cm³/mol. The number of β-lactam (4-membered cyclic amide) rings is 1. The number of nitriles is 1. The van der Waals surface area contributed by atoms with E-state index >= 15 is 0 Å². The van der Waals surface area contributed by atoms with Gasteiger partial charge in [-0.25, -0.2) is 4.79 Å². The third-order valence-corrected chi connectivity index (χ3v) is 11.4. The molecule has 6 rings (SSSR count). The average molecular weight is 694 g/mol. The molecule has 2 N–H and O–H groups in total. The van der Waals surface area contributed by atoms with E-state index in [2.05, 4.69) is 47.9 Å². The second kappa shape index (κ2) is 15.0. The van der Waals surface area contributed by atoms with Gasteiger partial charge in [0, 0.05) is 28.7 Å². The first kappa shape index (κ1) is 33.2. The van der Waals surface area contributed by atoms with Gasteiger partial charge in [0.2, 0.25) is 5.91 Å². The SMILES string of the molecule is N#C/C=C\SCC(=O)N[C@@H]1C(=O)N2C(C(=O)O)=C(SCCc3cnn(C(c4ccccc4)(c4ccccc4)c4ccccc4)c3)CS[C@@H]12. The van der Waals surface area contributed by atoms with Gasteiger partial charge in [0.05, 0.1) is 18.0 Å². The van der Waals surface area contributed by atoms with Crippen LogP contribution in [0.25, 0.3) is 0 Å². The Hall–Kier alpha value is -4.70. The fourth-order valence-electron chi connectivity index (χ4n) is 6.02. The molecule has 1 saturated heterocycles. The highest BCUT2D eigenvalue weighted by molar-refractivity contribution is 8.06. The van der Waals surface area contributed by atoms with Gasteiger partial charge in [-0.05, 0) is 34.1 Å². The molecule has 3 heterocycles. The van der Waals surface area contributed by atoms with E-state index in [0.29, 0.717) is 22.8 Å². The lowest BCUT2D eigenvalue weighted by atomic mass is 9.77. The van der Waals surface area contributed by atoms with Crippen molar-refractivity contribution < 1.29 is 19.5 Å². The molecule has 2 aliphatic heterocycles. The van der Waals surface area contributed by atoms with Gasteiger partial charge in [0.15, 0.2) is 0 Å². The molecular formula is C36H31N5O4S3. The summed E-state index contributed by atoms with van der Waals surface area (Å²) in [5.74, 6) is -0.877. The predicted octanol–water partition coefficient (Wildman–Crippen LogP) is 5.47. The zero-order valence-corrected chi connectivity index (χ0v) is 28.1. The van der Waals surface area contributed by atoms with Crippen molar-refractivity contribution >= 4 is 53.1 Å². The van der Waals surface area contributed by atoms with Crippen molar-refractivity contribution in [2.24, 2.45) is 0 Å². The Labute approximate surface area is 291 Å². The van der Waals surface area contributed by atoms with Gasteiger partial charge in [-0.1, -0.05) is 91.0 Å². The van der Waals surface area contributed by atoms with Crippen molar-refractivity contribution in [3.63, 3.8) is 0 Å².